The fourth-order valence-electron chi connectivity index (χ4n) is 3.96. The number of amidine groups is 1. The van der Waals surface area contributed by atoms with Gasteiger partial charge < -0.3 is 4.90 Å². The second-order valence-corrected chi connectivity index (χ2v) is 11.7. The zero-order valence-electron chi connectivity index (χ0n) is 18.4. The van der Waals surface area contributed by atoms with Gasteiger partial charge in [0.1, 0.15) is 11.9 Å². The average molecular weight is 491 g/mol. The molecule has 0 aromatic heterocycles. The summed E-state index contributed by atoms with van der Waals surface area (Å²) in [4.78, 5) is 19.4. The minimum atomic E-state index is -3.69. The Hall–Kier alpha value is -2.76. The number of carbonyl (C=O) groups is 1. The van der Waals surface area contributed by atoms with Crippen molar-refractivity contribution in [1.29, 1.82) is 0 Å². The van der Waals surface area contributed by atoms with Crippen LogP contribution in [0.5, 0.6) is 0 Å². The zero-order valence-corrected chi connectivity index (χ0v) is 20.1. The van der Waals surface area contributed by atoms with Gasteiger partial charge in [0, 0.05) is 31.7 Å². The van der Waals surface area contributed by atoms with Gasteiger partial charge in [-0.05, 0) is 44.5 Å². The summed E-state index contributed by atoms with van der Waals surface area (Å²) >= 11 is 0. The number of benzene rings is 2. The lowest BCUT2D eigenvalue weighted by Crippen LogP contribution is -2.41. The Morgan fingerprint density at radius 3 is 2.45 bits per heavy atom. The molecule has 11 heteroatoms. The van der Waals surface area contributed by atoms with Gasteiger partial charge in [0.2, 0.25) is 15.9 Å². The normalized spacial score (nSPS) is 20.7. The topological polar surface area (TPSA) is 116 Å². The van der Waals surface area contributed by atoms with Crippen LogP contribution in [0, 0.1) is 6.92 Å². The van der Waals surface area contributed by atoms with Gasteiger partial charge in [-0.2, -0.15) is 4.31 Å². The van der Waals surface area contributed by atoms with E-state index in [-0.39, 0.29) is 34.6 Å². The quantitative estimate of drug-likeness (QED) is 0.694. The van der Waals surface area contributed by atoms with Gasteiger partial charge in [-0.25, -0.2) is 16.8 Å². The molecule has 1 saturated heterocycles. The van der Waals surface area contributed by atoms with Crippen LogP contribution in [0.4, 0.5) is 0 Å². The SMILES string of the molecule is Cc1ccc(S(=O)(=O)N2CCCN(C(=O)[C@@H](C)N=C3NS(=O)(=O)c4ccccc43)CC2)cc1. The number of sulfonamides is 2. The van der Waals surface area contributed by atoms with E-state index in [1.54, 1.807) is 54.3 Å². The standard InChI is InChI=1S/C22H26N4O5S2/c1-16-8-10-18(11-9-16)33(30,31)26-13-5-12-25(14-15-26)22(27)17(2)23-21-19-6-3-4-7-20(19)32(28,29)24-21/h3-4,6-11,17H,5,12-15H2,1-2H3,(H,23,24)/t17-/m1/s1. The highest BCUT2D eigenvalue weighted by Crippen LogP contribution is 2.23. The minimum Gasteiger partial charge on any atom is -0.339 e. The van der Waals surface area contributed by atoms with Crippen molar-refractivity contribution < 1.29 is 21.6 Å². The lowest BCUT2D eigenvalue weighted by atomic mass is 10.2. The number of nitrogens with zero attached hydrogens (tertiary/aromatic N) is 3. The van der Waals surface area contributed by atoms with Crippen LogP contribution in [0.2, 0.25) is 0 Å². The van der Waals surface area contributed by atoms with Crippen LogP contribution in [0.1, 0.15) is 24.5 Å². The number of amides is 1. The summed E-state index contributed by atoms with van der Waals surface area (Å²) in [5.41, 5.74) is 1.41. The Labute approximate surface area is 194 Å². The number of aryl methyl sites for hydroxylation is 1. The minimum absolute atomic E-state index is 0.134. The van der Waals surface area contributed by atoms with Crippen molar-refractivity contribution in [2.75, 3.05) is 26.2 Å². The number of aliphatic imine (C=N–C) groups is 1. The number of carbonyl (C=O) groups excluding carboxylic acids is 1. The van der Waals surface area contributed by atoms with E-state index in [1.165, 1.54) is 10.4 Å². The molecule has 0 aliphatic carbocycles. The summed E-state index contributed by atoms with van der Waals surface area (Å²) in [7, 11) is -7.33. The highest BCUT2D eigenvalue weighted by atomic mass is 32.2. The van der Waals surface area contributed by atoms with E-state index >= 15 is 0 Å². The molecule has 2 aliphatic heterocycles. The lowest BCUT2D eigenvalue weighted by molar-refractivity contribution is -0.131. The largest absolute Gasteiger partial charge is 0.339 e. The van der Waals surface area contributed by atoms with E-state index in [1.807, 2.05) is 6.92 Å². The van der Waals surface area contributed by atoms with E-state index < -0.39 is 26.1 Å². The molecule has 176 valence electrons. The number of rotatable bonds is 4. The molecule has 0 saturated carbocycles. The van der Waals surface area contributed by atoms with Gasteiger partial charge in [0.25, 0.3) is 10.0 Å². The second-order valence-electron chi connectivity index (χ2n) is 8.15. The van der Waals surface area contributed by atoms with Crippen LogP contribution in [-0.4, -0.2) is 70.0 Å². The molecule has 33 heavy (non-hydrogen) atoms. The first-order valence-electron chi connectivity index (χ1n) is 10.7. The van der Waals surface area contributed by atoms with E-state index in [4.69, 9.17) is 0 Å². The van der Waals surface area contributed by atoms with Gasteiger partial charge in [0.15, 0.2) is 0 Å². The van der Waals surface area contributed by atoms with Crippen LogP contribution in [-0.2, 0) is 24.8 Å². The number of hydrogen-bond acceptors (Lipinski definition) is 6. The number of nitrogens with one attached hydrogen (secondary N) is 1. The summed E-state index contributed by atoms with van der Waals surface area (Å²) < 4.78 is 54.4. The smallest absolute Gasteiger partial charge is 0.263 e. The maximum atomic E-state index is 13.0. The molecule has 0 radical (unpaired) electrons. The Morgan fingerprint density at radius 1 is 1.03 bits per heavy atom. The van der Waals surface area contributed by atoms with Crippen LogP contribution in [0.3, 0.4) is 0 Å². The van der Waals surface area contributed by atoms with Crippen molar-refractivity contribution in [2.45, 2.75) is 36.1 Å². The first kappa shape index (κ1) is 23.4. The fourth-order valence-corrected chi connectivity index (χ4v) is 6.67. The van der Waals surface area contributed by atoms with Crippen molar-refractivity contribution in [1.82, 2.24) is 13.9 Å². The summed E-state index contributed by atoms with van der Waals surface area (Å²) in [6, 6.07) is 12.4. The molecule has 0 spiro atoms. The maximum Gasteiger partial charge on any atom is 0.263 e. The molecule has 4 rings (SSSR count). The van der Waals surface area contributed by atoms with Crippen molar-refractivity contribution in [3.8, 4) is 0 Å². The Bertz CT molecular complexity index is 1300. The van der Waals surface area contributed by atoms with Crippen LogP contribution in [0.25, 0.3) is 0 Å². The monoisotopic (exact) mass is 490 g/mol. The molecule has 2 aliphatic rings. The molecule has 1 atom stereocenters. The van der Waals surface area contributed by atoms with Gasteiger partial charge in [-0.3, -0.25) is 14.5 Å². The first-order chi connectivity index (χ1) is 15.6. The van der Waals surface area contributed by atoms with Gasteiger partial charge in [0.05, 0.1) is 9.79 Å². The predicted octanol–water partition coefficient (Wildman–Crippen LogP) is 1.35. The maximum absolute atomic E-state index is 13.0. The highest BCUT2D eigenvalue weighted by Gasteiger charge is 2.33. The van der Waals surface area contributed by atoms with Crippen LogP contribution < -0.4 is 4.72 Å². The Balaban J connectivity index is 1.47. The van der Waals surface area contributed by atoms with Crippen LogP contribution in [0.15, 0.2) is 63.3 Å². The third kappa shape index (κ3) is 4.66. The van der Waals surface area contributed by atoms with Gasteiger partial charge >= 0.3 is 0 Å². The summed E-state index contributed by atoms with van der Waals surface area (Å²) in [6.07, 6.45) is 0.496. The molecule has 1 N–H and O–H groups in total. The first-order valence-corrected chi connectivity index (χ1v) is 13.6. The molecule has 2 heterocycles. The van der Waals surface area contributed by atoms with Crippen molar-refractivity contribution in [3.63, 3.8) is 0 Å². The van der Waals surface area contributed by atoms with Crippen molar-refractivity contribution >= 4 is 31.8 Å². The van der Waals surface area contributed by atoms with Crippen molar-refractivity contribution in [3.05, 3.63) is 59.7 Å². The zero-order chi connectivity index (χ0) is 23.8. The fraction of sp³-hybridized carbons (Fsp3) is 0.364. The van der Waals surface area contributed by atoms with E-state index in [9.17, 15) is 21.6 Å². The molecule has 0 unspecified atom stereocenters. The summed E-state index contributed by atoms with van der Waals surface area (Å²) in [5.74, 6) is -0.134. The molecule has 2 aromatic rings. The van der Waals surface area contributed by atoms with Crippen LogP contribution >= 0.6 is 0 Å². The molecule has 2 aromatic carbocycles. The van der Waals surface area contributed by atoms with E-state index in [0.717, 1.165) is 5.56 Å². The predicted molar refractivity (Wildman–Crippen MR) is 124 cm³/mol. The number of hydrogen-bond donors (Lipinski definition) is 1. The third-order valence-corrected chi connectivity index (χ3v) is 9.08. The average Bonchev–Trinajstić information content (AvgIpc) is 2.93. The molecule has 1 fully saturated rings. The Morgan fingerprint density at radius 2 is 1.73 bits per heavy atom. The summed E-state index contributed by atoms with van der Waals surface area (Å²) in [6.45, 7) is 4.64. The molecular weight excluding hydrogens is 464 g/mol. The van der Waals surface area contributed by atoms with Gasteiger partial charge in [-0.15, -0.1) is 0 Å². The van der Waals surface area contributed by atoms with Gasteiger partial charge in [-0.1, -0.05) is 29.8 Å². The molecule has 0 bridgehead atoms. The second kappa shape index (κ2) is 8.88. The molecule has 9 nitrogen and oxygen atoms in total. The summed E-state index contributed by atoms with van der Waals surface area (Å²) in [5, 5.41) is 0. The third-order valence-electron chi connectivity index (χ3n) is 5.77. The molecule has 1 amide bonds. The van der Waals surface area contributed by atoms with E-state index in [0.29, 0.717) is 25.1 Å². The van der Waals surface area contributed by atoms with E-state index in [2.05, 4.69) is 9.71 Å². The Kier molecular flexibility index (Phi) is 6.30. The number of fused-ring (bicyclic) bond motifs is 1. The molecular formula is C22H26N4O5S2. The lowest BCUT2D eigenvalue weighted by Gasteiger charge is -2.23. The van der Waals surface area contributed by atoms with Crippen molar-refractivity contribution in [2.24, 2.45) is 4.99 Å². The highest BCUT2D eigenvalue weighted by molar-refractivity contribution is 7.90.